The number of benzene rings is 2. The number of para-hydroxylation sites is 1. The minimum absolute atomic E-state index is 0.0942. The first kappa shape index (κ1) is 13.8. The average Bonchev–Trinajstić information content (AvgIpc) is 2.42. The third-order valence-corrected chi connectivity index (χ3v) is 3.47. The van der Waals surface area contributed by atoms with Crippen molar-refractivity contribution < 1.29 is 4.79 Å². The summed E-state index contributed by atoms with van der Waals surface area (Å²) in [5.41, 5.74) is 7.74. The summed E-state index contributed by atoms with van der Waals surface area (Å²) in [5, 5.41) is 2.85. The van der Waals surface area contributed by atoms with Gasteiger partial charge in [0.25, 0.3) is 0 Å². The molecule has 2 aromatic carbocycles. The van der Waals surface area contributed by atoms with Crippen LogP contribution in [-0.2, 0) is 4.79 Å². The predicted molar refractivity (Wildman–Crippen MR) is 80.8 cm³/mol. The van der Waals surface area contributed by atoms with Gasteiger partial charge < -0.3 is 11.1 Å². The molecule has 4 heteroatoms. The van der Waals surface area contributed by atoms with Crippen LogP contribution in [-0.4, -0.2) is 5.91 Å². The standard InChI is InChI=1S/C15H15BrN2O/c16-12-8-4-5-9-14(12)18-15(19)10-13(17)11-6-2-1-3-7-11/h1-9,13H,10,17H2,(H,18,19). The van der Waals surface area contributed by atoms with Crippen LogP contribution in [0.3, 0.4) is 0 Å². The summed E-state index contributed by atoms with van der Waals surface area (Å²) in [6.45, 7) is 0. The van der Waals surface area contributed by atoms with Gasteiger partial charge in [-0.05, 0) is 33.6 Å². The second kappa shape index (κ2) is 6.50. The van der Waals surface area contributed by atoms with E-state index in [9.17, 15) is 4.79 Å². The van der Waals surface area contributed by atoms with Gasteiger partial charge in [-0.25, -0.2) is 0 Å². The molecule has 0 saturated heterocycles. The van der Waals surface area contributed by atoms with E-state index < -0.39 is 0 Å². The number of rotatable bonds is 4. The van der Waals surface area contributed by atoms with Crippen molar-refractivity contribution in [1.82, 2.24) is 0 Å². The summed E-state index contributed by atoms with van der Waals surface area (Å²) in [7, 11) is 0. The van der Waals surface area contributed by atoms with Gasteiger partial charge in [-0.1, -0.05) is 42.5 Å². The molecule has 1 amide bonds. The smallest absolute Gasteiger partial charge is 0.226 e. The number of hydrogen-bond acceptors (Lipinski definition) is 2. The molecule has 0 aromatic heterocycles. The van der Waals surface area contributed by atoms with E-state index >= 15 is 0 Å². The normalized spacial score (nSPS) is 11.9. The Bertz CT molecular complexity index is 557. The Hall–Kier alpha value is -1.65. The van der Waals surface area contributed by atoms with Crippen LogP contribution in [0.5, 0.6) is 0 Å². The molecule has 3 N–H and O–H groups in total. The Morgan fingerprint density at radius 2 is 1.74 bits per heavy atom. The number of halogens is 1. The van der Waals surface area contributed by atoms with Crippen LogP contribution in [0, 0.1) is 0 Å². The van der Waals surface area contributed by atoms with Crippen LogP contribution in [0.4, 0.5) is 5.69 Å². The molecule has 3 nitrogen and oxygen atoms in total. The summed E-state index contributed by atoms with van der Waals surface area (Å²) >= 11 is 3.39. The lowest BCUT2D eigenvalue weighted by atomic mass is 10.0. The molecule has 98 valence electrons. The number of nitrogens with two attached hydrogens (primary N) is 1. The quantitative estimate of drug-likeness (QED) is 0.906. The van der Waals surface area contributed by atoms with Gasteiger partial charge in [0.1, 0.15) is 0 Å². The van der Waals surface area contributed by atoms with Crippen molar-refractivity contribution in [2.24, 2.45) is 5.73 Å². The molecule has 0 radical (unpaired) electrons. The van der Waals surface area contributed by atoms with Gasteiger partial charge in [0.05, 0.1) is 5.69 Å². The van der Waals surface area contributed by atoms with Crippen LogP contribution < -0.4 is 11.1 Å². The molecule has 1 unspecified atom stereocenters. The van der Waals surface area contributed by atoms with E-state index in [1.807, 2.05) is 54.6 Å². The zero-order chi connectivity index (χ0) is 13.7. The lowest BCUT2D eigenvalue weighted by molar-refractivity contribution is -0.116. The Kier molecular flexibility index (Phi) is 4.71. The molecule has 0 heterocycles. The zero-order valence-corrected chi connectivity index (χ0v) is 11.9. The number of hydrogen-bond donors (Lipinski definition) is 2. The Morgan fingerprint density at radius 1 is 1.11 bits per heavy atom. The fourth-order valence-electron chi connectivity index (χ4n) is 1.78. The maximum Gasteiger partial charge on any atom is 0.226 e. The first-order chi connectivity index (χ1) is 9.16. The minimum atomic E-state index is -0.288. The second-order valence-electron chi connectivity index (χ2n) is 4.25. The van der Waals surface area contributed by atoms with Gasteiger partial charge in [0, 0.05) is 16.9 Å². The molecule has 0 aliphatic rings. The van der Waals surface area contributed by atoms with E-state index in [1.54, 1.807) is 0 Å². The van der Waals surface area contributed by atoms with E-state index in [1.165, 1.54) is 0 Å². The van der Waals surface area contributed by atoms with Gasteiger partial charge in [0.15, 0.2) is 0 Å². The van der Waals surface area contributed by atoms with Crippen molar-refractivity contribution >= 4 is 27.5 Å². The number of amides is 1. The molecular formula is C15H15BrN2O. The number of anilines is 1. The van der Waals surface area contributed by atoms with E-state index in [0.717, 1.165) is 15.7 Å². The number of carbonyl (C=O) groups is 1. The maximum atomic E-state index is 11.9. The van der Waals surface area contributed by atoms with E-state index in [0.29, 0.717) is 0 Å². The van der Waals surface area contributed by atoms with Crippen molar-refractivity contribution in [2.45, 2.75) is 12.5 Å². The topological polar surface area (TPSA) is 55.1 Å². The summed E-state index contributed by atoms with van der Waals surface area (Å²) in [6, 6.07) is 16.8. The van der Waals surface area contributed by atoms with E-state index in [2.05, 4.69) is 21.2 Å². The molecule has 2 rings (SSSR count). The van der Waals surface area contributed by atoms with Gasteiger partial charge in [-0.15, -0.1) is 0 Å². The Labute approximate surface area is 121 Å². The zero-order valence-electron chi connectivity index (χ0n) is 10.3. The lowest BCUT2D eigenvalue weighted by Crippen LogP contribution is -2.20. The highest BCUT2D eigenvalue weighted by molar-refractivity contribution is 9.10. The first-order valence-electron chi connectivity index (χ1n) is 6.01. The van der Waals surface area contributed by atoms with Gasteiger partial charge in [0.2, 0.25) is 5.91 Å². The Balaban J connectivity index is 1.97. The van der Waals surface area contributed by atoms with Crippen LogP contribution in [0.2, 0.25) is 0 Å². The molecular weight excluding hydrogens is 304 g/mol. The SMILES string of the molecule is NC(CC(=O)Nc1ccccc1Br)c1ccccc1. The summed E-state index contributed by atoms with van der Waals surface area (Å²) in [6.07, 6.45) is 0.255. The van der Waals surface area contributed by atoms with Gasteiger partial charge >= 0.3 is 0 Å². The van der Waals surface area contributed by atoms with Crippen LogP contribution in [0.15, 0.2) is 59.1 Å². The fourth-order valence-corrected chi connectivity index (χ4v) is 2.17. The molecule has 0 aliphatic heterocycles. The second-order valence-corrected chi connectivity index (χ2v) is 5.10. The van der Waals surface area contributed by atoms with Crippen molar-refractivity contribution in [3.63, 3.8) is 0 Å². The van der Waals surface area contributed by atoms with Crippen molar-refractivity contribution in [1.29, 1.82) is 0 Å². The summed E-state index contributed by atoms with van der Waals surface area (Å²) < 4.78 is 0.858. The minimum Gasteiger partial charge on any atom is -0.325 e. The molecule has 2 aromatic rings. The van der Waals surface area contributed by atoms with Crippen molar-refractivity contribution in [3.05, 3.63) is 64.6 Å². The predicted octanol–water partition coefficient (Wildman–Crippen LogP) is 3.48. The highest BCUT2D eigenvalue weighted by atomic mass is 79.9. The van der Waals surface area contributed by atoms with Crippen molar-refractivity contribution in [3.8, 4) is 0 Å². The number of carbonyl (C=O) groups excluding carboxylic acids is 1. The largest absolute Gasteiger partial charge is 0.325 e. The maximum absolute atomic E-state index is 11.9. The fraction of sp³-hybridized carbons (Fsp3) is 0.133. The molecule has 0 bridgehead atoms. The molecule has 0 fully saturated rings. The lowest BCUT2D eigenvalue weighted by Gasteiger charge is -2.12. The summed E-state index contributed by atoms with van der Waals surface area (Å²) in [5.74, 6) is -0.0942. The van der Waals surface area contributed by atoms with Crippen molar-refractivity contribution in [2.75, 3.05) is 5.32 Å². The third-order valence-electron chi connectivity index (χ3n) is 2.78. The molecule has 0 aliphatic carbocycles. The van der Waals surface area contributed by atoms with Crippen LogP contribution in [0.25, 0.3) is 0 Å². The van der Waals surface area contributed by atoms with E-state index in [4.69, 9.17) is 5.73 Å². The summed E-state index contributed by atoms with van der Waals surface area (Å²) in [4.78, 5) is 11.9. The molecule has 19 heavy (non-hydrogen) atoms. The third kappa shape index (κ3) is 3.91. The monoisotopic (exact) mass is 318 g/mol. The van der Waals surface area contributed by atoms with E-state index in [-0.39, 0.29) is 18.4 Å². The van der Waals surface area contributed by atoms with Gasteiger partial charge in [-0.2, -0.15) is 0 Å². The first-order valence-corrected chi connectivity index (χ1v) is 6.81. The average molecular weight is 319 g/mol. The number of nitrogens with one attached hydrogen (secondary N) is 1. The highest BCUT2D eigenvalue weighted by Gasteiger charge is 2.12. The molecule has 1 atom stereocenters. The molecule has 0 saturated carbocycles. The van der Waals surface area contributed by atoms with Gasteiger partial charge in [-0.3, -0.25) is 4.79 Å². The highest BCUT2D eigenvalue weighted by Crippen LogP contribution is 2.22. The Morgan fingerprint density at radius 3 is 2.42 bits per heavy atom. The van der Waals surface area contributed by atoms with Crippen LogP contribution in [0.1, 0.15) is 18.0 Å². The van der Waals surface area contributed by atoms with Crippen LogP contribution >= 0.6 is 15.9 Å². The molecule has 0 spiro atoms.